The zero-order valence-corrected chi connectivity index (χ0v) is 21.2. The topological polar surface area (TPSA) is 108 Å². The molecule has 3 aromatic rings. The standard InChI is InChI=1S/C25H26BrFN6O3/c26-20-14-31(12-18-3-1-2-4-21(18)27)30-23(20)29-22(34)10-24-6-16-5-17(7-24)9-25(8-16,15-24)32-13-19(11-28-32)33(35)36/h1-4,11,13-14,16-17H,5-10,12,15H2,(H,29,30,34). The molecule has 188 valence electrons. The number of amides is 1. The van der Waals surface area contributed by atoms with Gasteiger partial charge < -0.3 is 5.32 Å². The number of aromatic nitrogens is 4. The van der Waals surface area contributed by atoms with E-state index in [1.54, 1.807) is 35.3 Å². The van der Waals surface area contributed by atoms with Gasteiger partial charge in [-0.25, -0.2) is 4.39 Å². The van der Waals surface area contributed by atoms with Gasteiger partial charge in [-0.05, 0) is 77.8 Å². The molecule has 1 aromatic carbocycles. The van der Waals surface area contributed by atoms with E-state index < -0.39 is 4.92 Å². The van der Waals surface area contributed by atoms with Crippen LogP contribution in [0.3, 0.4) is 0 Å². The maximum absolute atomic E-state index is 14.0. The number of hydrogen-bond donors (Lipinski definition) is 1. The summed E-state index contributed by atoms with van der Waals surface area (Å²) in [5.74, 6) is 1.00. The van der Waals surface area contributed by atoms with Crippen LogP contribution in [0.2, 0.25) is 0 Å². The normalized spacial score (nSPS) is 28.4. The first kappa shape index (κ1) is 23.3. The van der Waals surface area contributed by atoms with Gasteiger partial charge >= 0.3 is 5.69 Å². The van der Waals surface area contributed by atoms with Crippen molar-refractivity contribution in [2.45, 2.75) is 57.0 Å². The molecule has 2 aromatic heterocycles. The van der Waals surface area contributed by atoms with E-state index in [1.165, 1.54) is 12.3 Å². The summed E-state index contributed by atoms with van der Waals surface area (Å²) in [6.07, 6.45) is 10.8. The van der Waals surface area contributed by atoms with Gasteiger partial charge in [0.2, 0.25) is 5.91 Å². The molecular formula is C25H26BrFN6O3. The third-order valence-corrected chi connectivity index (χ3v) is 8.80. The number of halogens is 2. The minimum atomic E-state index is -0.406. The van der Waals surface area contributed by atoms with E-state index >= 15 is 0 Å². The van der Waals surface area contributed by atoms with Gasteiger partial charge in [-0.3, -0.25) is 24.3 Å². The molecule has 0 spiro atoms. The minimum absolute atomic E-state index is 0.00774. The number of rotatable bonds is 7. The lowest BCUT2D eigenvalue weighted by Crippen LogP contribution is -2.57. The number of carbonyl (C=O) groups is 1. The van der Waals surface area contributed by atoms with Crippen molar-refractivity contribution in [3.8, 4) is 0 Å². The van der Waals surface area contributed by atoms with Gasteiger partial charge in [0.05, 0.1) is 21.5 Å². The fraction of sp³-hybridized carbons (Fsp3) is 0.480. The molecular weight excluding hydrogens is 531 g/mol. The Bertz CT molecular complexity index is 1340. The zero-order valence-electron chi connectivity index (χ0n) is 19.6. The highest BCUT2D eigenvalue weighted by Crippen LogP contribution is 2.65. The Kier molecular flexibility index (Phi) is 5.51. The van der Waals surface area contributed by atoms with Crippen LogP contribution >= 0.6 is 15.9 Å². The molecule has 11 heteroatoms. The summed E-state index contributed by atoms with van der Waals surface area (Å²) >= 11 is 3.47. The summed E-state index contributed by atoms with van der Waals surface area (Å²) in [7, 11) is 0. The van der Waals surface area contributed by atoms with Gasteiger partial charge in [-0.1, -0.05) is 18.2 Å². The molecule has 2 heterocycles. The smallest absolute Gasteiger partial charge is 0.307 e. The molecule has 4 fully saturated rings. The highest BCUT2D eigenvalue weighted by molar-refractivity contribution is 9.10. The van der Waals surface area contributed by atoms with Crippen molar-refractivity contribution >= 4 is 33.3 Å². The Balaban J connectivity index is 1.18. The first-order valence-electron chi connectivity index (χ1n) is 12.2. The number of carbonyl (C=O) groups excluding carboxylic acids is 1. The van der Waals surface area contributed by atoms with Crippen molar-refractivity contribution in [3.05, 3.63) is 68.8 Å². The molecule has 4 saturated carbocycles. The predicted octanol–water partition coefficient (Wildman–Crippen LogP) is 5.26. The average molecular weight is 557 g/mol. The molecule has 9 nitrogen and oxygen atoms in total. The van der Waals surface area contributed by atoms with Crippen LogP contribution in [0.4, 0.5) is 15.9 Å². The first-order chi connectivity index (χ1) is 17.2. The van der Waals surface area contributed by atoms with Crippen molar-refractivity contribution in [1.82, 2.24) is 19.6 Å². The van der Waals surface area contributed by atoms with Gasteiger partial charge in [0.25, 0.3) is 0 Å². The SMILES string of the molecule is O=C(CC12CC3CC(C1)CC(n1cc([N+](=O)[O-])cn1)(C3)C2)Nc1nn(Cc2ccccc2F)cc1Br. The number of nitrogens with one attached hydrogen (secondary N) is 1. The second-order valence-corrected chi connectivity index (χ2v) is 11.8. The molecule has 0 radical (unpaired) electrons. The Morgan fingerprint density at radius 3 is 2.67 bits per heavy atom. The lowest BCUT2D eigenvalue weighted by Gasteiger charge is -2.61. The van der Waals surface area contributed by atoms with Gasteiger partial charge in [-0.2, -0.15) is 10.2 Å². The van der Waals surface area contributed by atoms with Gasteiger partial charge in [0.1, 0.15) is 18.2 Å². The summed E-state index contributed by atoms with van der Waals surface area (Å²) in [4.78, 5) is 24.1. The molecule has 36 heavy (non-hydrogen) atoms. The molecule has 4 aliphatic rings. The van der Waals surface area contributed by atoms with E-state index in [4.69, 9.17) is 0 Å². The van der Waals surface area contributed by atoms with E-state index in [-0.39, 0.29) is 34.9 Å². The maximum Gasteiger partial charge on any atom is 0.307 e. The molecule has 1 amide bonds. The second-order valence-electron chi connectivity index (χ2n) is 10.9. The van der Waals surface area contributed by atoms with Crippen LogP contribution in [0.25, 0.3) is 0 Å². The number of nitro groups is 1. The Morgan fingerprint density at radius 1 is 1.22 bits per heavy atom. The summed E-state index contributed by atoms with van der Waals surface area (Å²) in [5, 5.41) is 23.0. The largest absolute Gasteiger partial charge is 0.308 e. The maximum atomic E-state index is 14.0. The van der Waals surface area contributed by atoms with Crippen LogP contribution in [-0.2, 0) is 16.9 Å². The highest BCUT2D eigenvalue weighted by atomic mass is 79.9. The Hall–Kier alpha value is -3.08. The molecule has 0 saturated heterocycles. The zero-order chi connectivity index (χ0) is 25.1. The van der Waals surface area contributed by atoms with Crippen LogP contribution in [0.1, 0.15) is 50.5 Å². The summed E-state index contributed by atoms with van der Waals surface area (Å²) in [6, 6.07) is 6.54. The molecule has 4 bridgehead atoms. The number of benzene rings is 1. The third kappa shape index (κ3) is 4.12. The van der Waals surface area contributed by atoms with E-state index in [1.807, 2.05) is 4.68 Å². The summed E-state index contributed by atoms with van der Waals surface area (Å²) < 4.78 is 18.1. The molecule has 0 aliphatic heterocycles. The predicted molar refractivity (Wildman–Crippen MR) is 133 cm³/mol. The van der Waals surface area contributed by atoms with Crippen molar-refractivity contribution in [2.24, 2.45) is 17.3 Å². The fourth-order valence-corrected chi connectivity index (χ4v) is 7.84. The van der Waals surface area contributed by atoms with Crippen molar-refractivity contribution < 1.29 is 14.1 Å². The van der Waals surface area contributed by atoms with E-state index in [9.17, 15) is 19.3 Å². The second kappa shape index (κ2) is 8.50. The molecule has 2 unspecified atom stereocenters. The van der Waals surface area contributed by atoms with Crippen molar-refractivity contribution in [3.63, 3.8) is 0 Å². The van der Waals surface area contributed by atoms with Gasteiger partial charge in [0.15, 0.2) is 5.82 Å². The lowest BCUT2D eigenvalue weighted by molar-refractivity contribution is -0.385. The molecule has 7 rings (SSSR count). The molecule has 2 atom stereocenters. The van der Waals surface area contributed by atoms with Crippen LogP contribution in [-0.4, -0.2) is 30.4 Å². The van der Waals surface area contributed by atoms with E-state index in [0.717, 1.165) is 38.5 Å². The number of hydrogen-bond acceptors (Lipinski definition) is 5. The van der Waals surface area contributed by atoms with Crippen LogP contribution in [0.15, 0.2) is 47.3 Å². The van der Waals surface area contributed by atoms with Crippen LogP contribution in [0.5, 0.6) is 0 Å². The number of nitrogens with zero attached hydrogens (tertiary/aromatic N) is 5. The van der Waals surface area contributed by atoms with E-state index in [2.05, 4.69) is 31.4 Å². The average Bonchev–Trinajstić information content (AvgIpc) is 3.42. The Morgan fingerprint density at radius 2 is 1.97 bits per heavy atom. The van der Waals surface area contributed by atoms with E-state index in [0.29, 0.717) is 34.1 Å². The highest BCUT2D eigenvalue weighted by Gasteiger charge is 2.59. The van der Waals surface area contributed by atoms with Crippen LogP contribution < -0.4 is 5.32 Å². The lowest BCUT2D eigenvalue weighted by atomic mass is 9.46. The van der Waals surface area contributed by atoms with Crippen molar-refractivity contribution in [1.29, 1.82) is 0 Å². The fourth-order valence-electron chi connectivity index (χ4n) is 7.42. The Labute approximate surface area is 215 Å². The van der Waals surface area contributed by atoms with Crippen molar-refractivity contribution in [2.75, 3.05) is 5.32 Å². The number of anilines is 1. The van der Waals surface area contributed by atoms with Crippen LogP contribution in [0, 0.1) is 33.2 Å². The quantitative estimate of drug-likeness (QED) is 0.315. The third-order valence-electron chi connectivity index (χ3n) is 8.22. The molecule has 1 N–H and O–H groups in total. The van der Waals surface area contributed by atoms with Gasteiger partial charge in [-0.15, -0.1) is 0 Å². The summed E-state index contributed by atoms with van der Waals surface area (Å²) in [5.41, 5.74) is 0.105. The molecule has 4 aliphatic carbocycles. The van der Waals surface area contributed by atoms with Gasteiger partial charge in [0, 0.05) is 18.2 Å². The monoisotopic (exact) mass is 556 g/mol. The summed E-state index contributed by atoms with van der Waals surface area (Å²) in [6.45, 7) is 0.257. The first-order valence-corrected chi connectivity index (χ1v) is 13.0. The minimum Gasteiger partial charge on any atom is -0.308 e.